The van der Waals surface area contributed by atoms with E-state index in [0.29, 0.717) is 5.56 Å². The summed E-state index contributed by atoms with van der Waals surface area (Å²) in [6, 6.07) is 6.07. The number of aromatic nitrogens is 3. The van der Waals surface area contributed by atoms with Crippen LogP contribution in [-0.4, -0.2) is 53.3 Å². The van der Waals surface area contributed by atoms with E-state index in [1.807, 2.05) is 6.92 Å². The van der Waals surface area contributed by atoms with E-state index in [2.05, 4.69) is 20.4 Å². The topological polar surface area (TPSA) is 106 Å². The molecule has 1 N–H and O–H groups in total. The highest BCUT2D eigenvalue weighted by Gasteiger charge is 2.60. The molecule has 5 rings (SSSR count). The molecule has 3 aromatic rings. The molecule has 38 heavy (non-hydrogen) atoms. The maximum absolute atomic E-state index is 13.4. The van der Waals surface area contributed by atoms with Gasteiger partial charge in [0.15, 0.2) is 9.84 Å². The van der Waals surface area contributed by atoms with Crippen molar-refractivity contribution < 1.29 is 30.8 Å². The van der Waals surface area contributed by atoms with Gasteiger partial charge in [0.1, 0.15) is 11.5 Å². The Labute approximate surface area is 215 Å². The molecule has 8 nitrogen and oxygen atoms in total. The third kappa shape index (κ3) is 4.82. The molecular formula is C25H23F4N5O3S. The molecule has 200 valence electrons. The van der Waals surface area contributed by atoms with E-state index in [1.54, 1.807) is 24.0 Å². The first kappa shape index (κ1) is 26.0. The van der Waals surface area contributed by atoms with Crippen molar-refractivity contribution in [2.45, 2.75) is 43.4 Å². The monoisotopic (exact) mass is 549 g/mol. The standard InChI is InChI=1S/C25H23F4N5O3S/c1-12-15(11-30-34(12)2)13-4-5-17(22(6-13)38(3,36)37)32-18-7-14(8-21(35)16-10-25(16,28)29)31-19-9-20(24(26)27)33-23(18)19/h4-7,11,16,24H,8-10H2,1-3H3,(H,31,32)/t16-/m0/s1. The van der Waals surface area contributed by atoms with E-state index >= 15 is 0 Å². The number of nitrogens with one attached hydrogen (secondary N) is 1. The van der Waals surface area contributed by atoms with E-state index in [1.165, 1.54) is 18.2 Å². The number of ketones is 1. The van der Waals surface area contributed by atoms with Gasteiger partial charge in [0.2, 0.25) is 0 Å². The summed E-state index contributed by atoms with van der Waals surface area (Å²) < 4.78 is 80.8. The number of alkyl halides is 4. The van der Waals surface area contributed by atoms with Gasteiger partial charge in [-0.15, -0.1) is 0 Å². The Hall–Kier alpha value is -3.61. The Kier molecular flexibility index (Phi) is 6.16. The Bertz CT molecular complexity index is 1620. The van der Waals surface area contributed by atoms with Gasteiger partial charge >= 0.3 is 0 Å². The second-order valence-electron chi connectivity index (χ2n) is 9.57. The van der Waals surface area contributed by atoms with Crippen LogP contribution in [0.1, 0.15) is 23.5 Å². The van der Waals surface area contributed by atoms with Crippen LogP contribution in [0.5, 0.6) is 0 Å². The van der Waals surface area contributed by atoms with Crippen LogP contribution in [0, 0.1) is 12.8 Å². The smallest absolute Gasteiger partial charge is 0.277 e. The molecule has 1 fully saturated rings. The molecule has 0 bridgehead atoms. The van der Waals surface area contributed by atoms with Gasteiger partial charge in [-0.25, -0.2) is 31.0 Å². The van der Waals surface area contributed by atoms with E-state index in [4.69, 9.17) is 0 Å². The van der Waals surface area contributed by atoms with Crippen molar-refractivity contribution in [2.75, 3.05) is 11.6 Å². The number of fused-ring (bicyclic) bond motifs is 1. The average molecular weight is 550 g/mol. The van der Waals surface area contributed by atoms with Crippen LogP contribution in [0.2, 0.25) is 0 Å². The molecule has 2 aliphatic rings. The quantitative estimate of drug-likeness (QED) is 0.412. The number of aryl methyl sites for hydroxylation is 1. The zero-order valence-corrected chi connectivity index (χ0v) is 21.4. The van der Waals surface area contributed by atoms with Gasteiger partial charge in [0, 0.05) is 43.8 Å². The molecule has 0 radical (unpaired) electrons. The van der Waals surface area contributed by atoms with Gasteiger partial charge in [-0.05, 0) is 30.7 Å². The molecule has 1 aromatic carbocycles. The maximum atomic E-state index is 13.4. The van der Waals surface area contributed by atoms with Gasteiger partial charge < -0.3 is 5.32 Å². The highest BCUT2D eigenvalue weighted by molar-refractivity contribution is 7.90. The lowest BCUT2D eigenvalue weighted by atomic mass is 10.1. The number of carbonyl (C=O) groups excluding carboxylic acids is 1. The minimum Gasteiger partial charge on any atom is -0.353 e. The van der Waals surface area contributed by atoms with Gasteiger partial charge in [0.05, 0.1) is 45.5 Å². The molecule has 3 heterocycles. The van der Waals surface area contributed by atoms with Crippen molar-refractivity contribution in [1.29, 1.82) is 0 Å². The molecule has 0 saturated heterocycles. The zero-order chi connectivity index (χ0) is 27.6. The number of hydrogen-bond acceptors (Lipinski definition) is 7. The van der Waals surface area contributed by atoms with Crippen LogP contribution in [0.25, 0.3) is 11.1 Å². The molecule has 1 aliphatic heterocycles. The summed E-state index contributed by atoms with van der Waals surface area (Å²) in [5.41, 5.74) is 2.37. The fraction of sp³-hybridized carbons (Fsp3) is 0.360. The summed E-state index contributed by atoms with van der Waals surface area (Å²) in [4.78, 5) is 20.5. The molecule has 0 amide bonds. The minimum absolute atomic E-state index is 0.0601. The summed E-state index contributed by atoms with van der Waals surface area (Å²) in [6.07, 6.45) is -1.40. The predicted octanol–water partition coefficient (Wildman–Crippen LogP) is 4.60. The summed E-state index contributed by atoms with van der Waals surface area (Å²) in [7, 11) is -2.01. The fourth-order valence-corrected chi connectivity index (χ4v) is 5.31. The number of sulfone groups is 1. The van der Waals surface area contributed by atoms with Crippen LogP contribution in [-0.2, 0) is 34.5 Å². The number of carbonyl (C=O) groups is 1. The SMILES string of the molecule is Cc1c(-c2ccc(Nc3cc(CC(=O)[C@@H]4CC4(F)F)nc4c3N=C(C(F)F)C4)c(S(C)(=O)=O)c2)cnn1C. The van der Waals surface area contributed by atoms with Crippen molar-refractivity contribution >= 4 is 38.4 Å². The van der Waals surface area contributed by atoms with Gasteiger partial charge in [-0.1, -0.05) is 6.07 Å². The van der Waals surface area contributed by atoms with Crippen LogP contribution >= 0.6 is 0 Å². The number of benzene rings is 1. The van der Waals surface area contributed by atoms with Gasteiger partial charge in [0.25, 0.3) is 12.3 Å². The molecule has 2 aromatic heterocycles. The molecule has 1 aliphatic carbocycles. The van der Waals surface area contributed by atoms with Crippen LogP contribution in [0.15, 0.2) is 40.4 Å². The Morgan fingerprint density at radius 3 is 2.53 bits per heavy atom. The third-order valence-electron chi connectivity index (χ3n) is 6.74. The van der Waals surface area contributed by atoms with Gasteiger partial charge in [-0.2, -0.15) is 5.10 Å². The van der Waals surface area contributed by atoms with Crippen LogP contribution in [0.3, 0.4) is 0 Å². The predicted molar refractivity (Wildman–Crippen MR) is 133 cm³/mol. The molecule has 1 saturated carbocycles. The van der Waals surface area contributed by atoms with Crippen molar-refractivity contribution in [3.8, 4) is 11.1 Å². The maximum Gasteiger partial charge on any atom is 0.277 e. The zero-order valence-electron chi connectivity index (χ0n) is 20.6. The Morgan fingerprint density at radius 1 is 1.24 bits per heavy atom. The van der Waals surface area contributed by atoms with E-state index in [-0.39, 0.29) is 39.8 Å². The van der Waals surface area contributed by atoms with Crippen LogP contribution in [0.4, 0.5) is 34.6 Å². The molecule has 0 spiro atoms. The second-order valence-corrected chi connectivity index (χ2v) is 11.6. The minimum atomic E-state index is -3.77. The molecule has 1 atom stereocenters. The number of anilines is 2. The number of pyridine rings is 1. The van der Waals surface area contributed by atoms with Crippen molar-refractivity contribution in [3.63, 3.8) is 0 Å². The van der Waals surface area contributed by atoms with Crippen molar-refractivity contribution in [3.05, 3.63) is 47.5 Å². The normalized spacial score (nSPS) is 17.9. The van der Waals surface area contributed by atoms with E-state index in [9.17, 15) is 30.8 Å². The average Bonchev–Trinajstić information content (AvgIpc) is 3.12. The number of Topliss-reactive ketones (excluding diaryl/α,β-unsaturated/α-hetero) is 1. The number of nitrogens with zero attached hydrogens (tertiary/aromatic N) is 4. The first-order chi connectivity index (χ1) is 17.7. The molecule has 0 unspecified atom stereocenters. The molecule has 13 heteroatoms. The lowest BCUT2D eigenvalue weighted by molar-refractivity contribution is -0.121. The number of rotatable bonds is 8. The summed E-state index contributed by atoms with van der Waals surface area (Å²) in [5.74, 6) is -5.13. The summed E-state index contributed by atoms with van der Waals surface area (Å²) in [5, 5.41) is 7.15. The number of halogens is 4. The van der Waals surface area contributed by atoms with Crippen molar-refractivity contribution in [1.82, 2.24) is 14.8 Å². The first-order valence-corrected chi connectivity index (χ1v) is 13.5. The Morgan fingerprint density at radius 2 is 1.95 bits per heavy atom. The first-order valence-electron chi connectivity index (χ1n) is 11.6. The summed E-state index contributed by atoms with van der Waals surface area (Å²) in [6.45, 7) is 1.84. The number of aliphatic imine (C=N–C) groups is 1. The van der Waals surface area contributed by atoms with Gasteiger partial charge in [-0.3, -0.25) is 14.5 Å². The largest absolute Gasteiger partial charge is 0.353 e. The highest BCUT2D eigenvalue weighted by atomic mass is 32.2. The second kappa shape index (κ2) is 9.00. The number of hydrogen-bond donors (Lipinski definition) is 1. The molecular weight excluding hydrogens is 526 g/mol. The third-order valence-corrected chi connectivity index (χ3v) is 7.88. The van der Waals surface area contributed by atoms with E-state index in [0.717, 1.165) is 17.5 Å². The highest BCUT2D eigenvalue weighted by Crippen LogP contribution is 2.49. The Balaban J connectivity index is 1.56. The van der Waals surface area contributed by atoms with Crippen molar-refractivity contribution in [2.24, 2.45) is 18.0 Å². The lowest BCUT2D eigenvalue weighted by Crippen LogP contribution is -2.13. The summed E-state index contributed by atoms with van der Waals surface area (Å²) >= 11 is 0. The van der Waals surface area contributed by atoms with E-state index < -0.39 is 52.4 Å². The fourth-order valence-electron chi connectivity index (χ4n) is 4.45. The van der Waals surface area contributed by atoms with Crippen LogP contribution < -0.4 is 5.32 Å². The lowest BCUT2D eigenvalue weighted by Gasteiger charge is -2.16.